The molecule has 0 saturated heterocycles. The molecule has 1 fully saturated rings. The Balaban J connectivity index is 1.70. The van der Waals surface area contributed by atoms with Gasteiger partial charge in [0.25, 0.3) is 10.0 Å². The van der Waals surface area contributed by atoms with Crippen molar-refractivity contribution in [2.24, 2.45) is 5.92 Å². The summed E-state index contributed by atoms with van der Waals surface area (Å²) in [7, 11) is -3.95. The van der Waals surface area contributed by atoms with E-state index >= 15 is 0 Å². The average Bonchev–Trinajstić information content (AvgIpc) is 3.67. The van der Waals surface area contributed by atoms with Crippen LogP contribution in [0.4, 0.5) is 5.95 Å². The van der Waals surface area contributed by atoms with Gasteiger partial charge in [0, 0.05) is 11.6 Å². The third-order valence-corrected chi connectivity index (χ3v) is 7.90. The molecule has 0 aliphatic heterocycles. The van der Waals surface area contributed by atoms with Crippen molar-refractivity contribution >= 4 is 22.4 Å². The van der Waals surface area contributed by atoms with E-state index in [0.717, 1.165) is 47.1 Å². The van der Waals surface area contributed by atoms with Crippen LogP contribution in [0.2, 0.25) is 0 Å². The Morgan fingerprint density at radius 3 is 2.39 bits per heavy atom. The van der Waals surface area contributed by atoms with Gasteiger partial charge in [-0.2, -0.15) is 4.98 Å². The van der Waals surface area contributed by atoms with E-state index in [2.05, 4.69) is 33.9 Å². The monoisotopic (exact) mass is 536 g/mol. The Kier molecular flexibility index (Phi) is 8.35. The molecule has 2 aromatic carbocycles. The number of ether oxygens (including phenoxy) is 1. The van der Waals surface area contributed by atoms with E-state index in [0.29, 0.717) is 23.9 Å². The zero-order chi connectivity index (χ0) is 27.4. The van der Waals surface area contributed by atoms with Gasteiger partial charge in [-0.05, 0) is 86.3 Å². The van der Waals surface area contributed by atoms with Gasteiger partial charge in [-0.15, -0.1) is 0 Å². The predicted octanol–water partition coefficient (Wildman–Crippen LogP) is 5.29. The molecule has 1 aliphatic carbocycles. The Bertz CT molecular complexity index is 1400. The second-order valence-corrected chi connectivity index (χ2v) is 12.2. The molecule has 1 atom stereocenters. The standard InChI is InChI=1S/C29H36N4O4S/c1-18(2)11-24(30-17-34)16-37-27-15-26(28-20(4)7-6-8-21(28)5)31-29(32-27)33-38(35,36)25-13-19(3)12-23(14-25)22-9-10-22/h6-8,12-15,17-18,22,24H,9-11,16H2,1-5H3,(H,30,34)(H,31,32,33)/t24-/m1/s1. The van der Waals surface area contributed by atoms with Crippen molar-refractivity contribution in [3.05, 3.63) is 64.7 Å². The first-order valence-corrected chi connectivity index (χ1v) is 14.5. The van der Waals surface area contributed by atoms with Crippen molar-refractivity contribution < 1.29 is 17.9 Å². The zero-order valence-corrected chi connectivity index (χ0v) is 23.4. The van der Waals surface area contributed by atoms with E-state index in [1.54, 1.807) is 18.2 Å². The molecule has 38 heavy (non-hydrogen) atoms. The maximum absolute atomic E-state index is 13.4. The molecule has 1 aromatic heterocycles. The Morgan fingerprint density at radius 1 is 1.05 bits per heavy atom. The fraction of sp³-hybridized carbons (Fsp3) is 0.414. The molecule has 202 valence electrons. The molecule has 1 saturated carbocycles. The second kappa shape index (κ2) is 11.5. The van der Waals surface area contributed by atoms with E-state index in [1.165, 1.54) is 0 Å². The van der Waals surface area contributed by atoms with Gasteiger partial charge in [0.05, 0.1) is 16.6 Å². The van der Waals surface area contributed by atoms with Crippen molar-refractivity contribution in [3.63, 3.8) is 0 Å². The molecule has 1 aliphatic rings. The number of amides is 1. The topological polar surface area (TPSA) is 110 Å². The number of hydrogen-bond donors (Lipinski definition) is 2. The minimum atomic E-state index is -3.95. The van der Waals surface area contributed by atoms with Crippen molar-refractivity contribution in [2.75, 3.05) is 11.3 Å². The molecule has 2 N–H and O–H groups in total. The Labute approximate surface area is 225 Å². The van der Waals surface area contributed by atoms with Crippen molar-refractivity contribution in [2.45, 2.75) is 70.7 Å². The Morgan fingerprint density at radius 2 is 1.76 bits per heavy atom. The predicted molar refractivity (Wildman–Crippen MR) is 149 cm³/mol. The molecule has 0 bridgehead atoms. The summed E-state index contributed by atoms with van der Waals surface area (Å²) in [6, 6.07) is 12.9. The molecular formula is C29H36N4O4S. The van der Waals surface area contributed by atoms with Crippen LogP contribution in [-0.4, -0.2) is 37.4 Å². The van der Waals surface area contributed by atoms with Crippen LogP contribution in [0.15, 0.2) is 47.4 Å². The van der Waals surface area contributed by atoms with Gasteiger partial charge < -0.3 is 10.1 Å². The fourth-order valence-electron chi connectivity index (χ4n) is 4.69. The number of anilines is 1. The first kappa shape index (κ1) is 27.6. The van der Waals surface area contributed by atoms with E-state index in [4.69, 9.17) is 4.74 Å². The minimum Gasteiger partial charge on any atom is -0.475 e. The first-order valence-electron chi connectivity index (χ1n) is 13.0. The van der Waals surface area contributed by atoms with Crippen LogP contribution in [0.3, 0.4) is 0 Å². The summed E-state index contributed by atoms with van der Waals surface area (Å²) < 4.78 is 35.4. The average molecular weight is 537 g/mol. The molecule has 1 amide bonds. The number of carbonyl (C=O) groups excluding carboxylic acids is 1. The van der Waals surface area contributed by atoms with Crippen molar-refractivity contribution in [3.8, 4) is 17.1 Å². The summed E-state index contributed by atoms with van der Waals surface area (Å²) in [4.78, 5) is 20.3. The SMILES string of the molecule is Cc1cc(C2CC2)cc(S(=O)(=O)Nc2nc(OC[C@@H](CC(C)C)NC=O)cc(-c3c(C)cccc3C)n2)c1. The maximum atomic E-state index is 13.4. The molecule has 9 heteroatoms. The molecular weight excluding hydrogens is 500 g/mol. The minimum absolute atomic E-state index is 0.0709. The fourth-order valence-corrected chi connectivity index (χ4v) is 5.77. The van der Waals surface area contributed by atoms with Crippen molar-refractivity contribution in [1.29, 1.82) is 0 Å². The van der Waals surface area contributed by atoms with Crippen LogP contribution in [0, 0.1) is 26.7 Å². The van der Waals surface area contributed by atoms with E-state index < -0.39 is 10.0 Å². The Hall–Kier alpha value is -3.46. The number of hydrogen-bond acceptors (Lipinski definition) is 6. The van der Waals surface area contributed by atoms with Crippen LogP contribution in [0.5, 0.6) is 5.88 Å². The maximum Gasteiger partial charge on any atom is 0.264 e. The van der Waals surface area contributed by atoms with Crippen LogP contribution in [-0.2, 0) is 14.8 Å². The van der Waals surface area contributed by atoms with Gasteiger partial charge in [0.15, 0.2) is 0 Å². The number of aromatic nitrogens is 2. The highest BCUT2D eigenvalue weighted by atomic mass is 32.2. The smallest absolute Gasteiger partial charge is 0.264 e. The number of nitrogens with one attached hydrogen (secondary N) is 2. The number of benzene rings is 2. The second-order valence-electron chi connectivity index (χ2n) is 10.6. The van der Waals surface area contributed by atoms with Crippen molar-refractivity contribution in [1.82, 2.24) is 15.3 Å². The lowest BCUT2D eigenvalue weighted by molar-refractivity contribution is -0.110. The quantitative estimate of drug-likeness (QED) is 0.305. The zero-order valence-electron chi connectivity index (χ0n) is 22.6. The molecule has 0 radical (unpaired) electrons. The molecule has 0 unspecified atom stereocenters. The highest BCUT2D eigenvalue weighted by Crippen LogP contribution is 2.41. The van der Waals surface area contributed by atoms with E-state index in [9.17, 15) is 13.2 Å². The summed E-state index contributed by atoms with van der Waals surface area (Å²) in [5.74, 6) is 0.924. The number of sulfonamides is 1. The molecule has 3 aromatic rings. The highest BCUT2D eigenvalue weighted by Gasteiger charge is 2.26. The van der Waals surface area contributed by atoms with Gasteiger partial charge in [-0.3, -0.25) is 4.79 Å². The molecule has 1 heterocycles. The number of carbonyl (C=O) groups is 1. The molecule has 4 rings (SSSR count). The molecule has 0 spiro atoms. The lowest BCUT2D eigenvalue weighted by Crippen LogP contribution is -2.35. The third kappa shape index (κ3) is 6.89. The van der Waals surface area contributed by atoms with Gasteiger partial charge in [-0.25, -0.2) is 18.1 Å². The van der Waals surface area contributed by atoms with Gasteiger partial charge in [0.1, 0.15) is 6.61 Å². The summed E-state index contributed by atoms with van der Waals surface area (Å²) in [5, 5.41) is 2.79. The third-order valence-electron chi connectivity index (χ3n) is 6.59. The lowest BCUT2D eigenvalue weighted by Gasteiger charge is -2.19. The van der Waals surface area contributed by atoms with Gasteiger partial charge in [0.2, 0.25) is 18.2 Å². The van der Waals surface area contributed by atoms with Crippen LogP contribution < -0.4 is 14.8 Å². The van der Waals surface area contributed by atoms with Crippen LogP contribution in [0.1, 0.15) is 61.3 Å². The molecule has 8 nitrogen and oxygen atoms in total. The van der Waals surface area contributed by atoms with E-state index in [-0.39, 0.29) is 29.4 Å². The summed E-state index contributed by atoms with van der Waals surface area (Å²) in [6.07, 6.45) is 3.54. The van der Waals surface area contributed by atoms with Gasteiger partial charge >= 0.3 is 0 Å². The number of nitrogens with zero attached hydrogens (tertiary/aromatic N) is 2. The first-order chi connectivity index (χ1) is 18.1. The highest BCUT2D eigenvalue weighted by molar-refractivity contribution is 7.92. The summed E-state index contributed by atoms with van der Waals surface area (Å²) >= 11 is 0. The largest absolute Gasteiger partial charge is 0.475 e. The summed E-state index contributed by atoms with van der Waals surface area (Å²) in [6.45, 7) is 10.2. The van der Waals surface area contributed by atoms with Crippen LogP contribution >= 0.6 is 0 Å². The lowest BCUT2D eigenvalue weighted by atomic mass is 10.00. The number of rotatable bonds is 12. The van der Waals surface area contributed by atoms with E-state index in [1.807, 2.05) is 45.0 Å². The summed E-state index contributed by atoms with van der Waals surface area (Å²) in [5.41, 5.74) is 5.36. The van der Waals surface area contributed by atoms with Crippen LogP contribution in [0.25, 0.3) is 11.3 Å². The number of aryl methyl sites for hydroxylation is 3. The van der Waals surface area contributed by atoms with Gasteiger partial charge in [-0.1, -0.05) is 38.1 Å². The normalized spacial score (nSPS) is 14.3.